The van der Waals surface area contributed by atoms with Crippen molar-refractivity contribution in [2.24, 2.45) is 5.92 Å². The minimum Gasteiger partial charge on any atom is -0.353 e. The van der Waals surface area contributed by atoms with Crippen LogP contribution in [0.3, 0.4) is 0 Å². The van der Waals surface area contributed by atoms with Crippen molar-refractivity contribution in [3.05, 3.63) is 22.4 Å². The van der Waals surface area contributed by atoms with Crippen molar-refractivity contribution in [3.8, 4) is 0 Å². The average molecular weight is 322 g/mol. The lowest BCUT2D eigenvalue weighted by molar-refractivity contribution is -0.137. The number of carbonyl (C=O) groups excluding carboxylic acids is 2. The van der Waals surface area contributed by atoms with E-state index in [1.165, 1.54) is 0 Å². The number of carbonyl (C=O) groups is 2. The Hall–Kier alpha value is -1.36. The molecule has 1 aliphatic rings. The van der Waals surface area contributed by atoms with Gasteiger partial charge in [-0.2, -0.15) is 0 Å². The topological polar surface area (TPSA) is 49.4 Å². The standard InChI is InChI=1S/C17H26N2O2S/c1-3-13(4-2)17(21)19-9-7-14(8-10-19)18-16(20)12-15-6-5-11-22-15/h5-6,11,13-14H,3-4,7-10,12H2,1-2H3,(H,18,20). The van der Waals surface area contributed by atoms with Gasteiger partial charge in [0.1, 0.15) is 0 Å². The zero-order valence-electron chi connectivity index (χ0n) is 13.5. The highest BCUT2D eigenvalue weighted by Crippen LogP contribution is 2.17. The Morgan fingerprint density at radius 1 is 1.32 bits per heavy atom. The molecule has 0 bridgehead atoms. The van der Waals surface area contributed by atoms with Gasteiger partial charge >= 0.3 is 0 Å². The molecule has 2 amide bonds. The molecule has 0 saturated carbocycles. The van der Waals surface area contributed by atoms with E-state index in [2.05, 4.69) is 19.2 Å². The van der Waals surface area contributed by atoms with Crippen LogP contribution < -0.4 is 5.32 Å². The molecule has 0 unspecified atom stereocenters. The van der Waals surface area contributed by atoms with E-state index in [1.54, 1.807) is 11.3 Å². The van der Waals surface area contributed by atoms with E-state index in [9.17, 15) is 9.59 Å². The van der Waals surface area contributed by atoms with Crippen LogP contribution in [-0.2, 0) is 16.0 Å². The lowest BCUT2D eigenvalue weighted by Crippen LogP contribution is -2.48. The first-order valence-corrected chi connectivity index (χ1v) is 9.12. The van der Waals surface area contributed by atoms with Gasteiger partial charge in [-0.15, -0.1) is 11.3 Å². The van der Waals surface area contributed by atoms with Crippen LogP contribution in [0, 0.1) is 5.92 Å². The zero-order valence-corrected chi connectivity index (χ0v) is 14.3. The third-order valence-electron chi connectivity index (χ3n) is 4.42. The van der Waals surface area contributed by atoms with Crippen LogP contribution >= 0.6 is 11.3 Å². The molecule has 5 heteroatoms. The largest absolute Gasteiger partial charge is 0.353 e. The number of hydrogen-bond donors (Lipinski definition) is 1. The minimum absolute atomic E-state index is 0.0900. The van der Waals surface area contributed by atoms with E-state index in [-0.39, 0.29) is 23.8 Å². The van der Waals surface area contributed by atoms with Crippen molar-refractivity contribution in [1.82, 2.24) is 10.2 Å². The summed E-state index contributed by atoms with van der Waals surface area (Å²) < 4.78 is 0. The van der Waals surface area contributed by atoms with Crippen LogP contribution in [0.25, 0.3) is 0 Å². The Labute approximate surface area is 136 Å². The van der Waals surface area contributed by atoms with Crippen LogP contribution in [0.15, 0.2) is 17.5 Å². The average Bonchev–Trinajstić information content (AvgIpc) is 3.02. The Morgan fingerprint density at radius 2 is 2.00 bits per heavy atom. The van der Waals surface area contributed by atoms with Gasteiger partial charge in [0.15, 0.2) is 0 Å². The maximum atomic E-state index is 12.3. The van der Waals surface area contributed by atoms with Gasteiger partial charge in [-0.25, -0.2) is 0 Å². The van der Waals surface area contributed by atoms with Crippen molar-refractivity contribution >= 4 is 23.2 Å². The van der Waals surface area contributed by atoms with Crippen molar-refractivity contribution in [3.63, 3.8) is 0 Å². The molecule has 1 fully saturated rings. The maximum Gasteiger partial charge on any atom is 0.225 e. The van der Waals surface area contributed by atoms with Gasteiger partial charge in [-0.05, 0) is 37.1 Å². The molecule has 2 rings (SSSR count). The van der Waals surface area contributed by atoms with Crippen molar-refractivity contribution < 1.29 is 9.59 Å². The second-order valence-electron chi connectivity index (χ2n) is 5.94. The van der Waals surface area contributed by atoms with E-state index < -0.39 is 0 Å². The van der Waals surface area contributed by atoms with Gasteiger partial charge in [0, 0.05) is 29.9 Å². The van der Waals surface area contributed by atoms with E-state index >= 15 is 0 Å². The van der Waals surface area contributed by atoms with Crippen LogP contribution in [-0.4, -0.2) is 35.8 Å². The highest BCUT2D eigenvalue weighted by molar-refractivity contribution is 7.10. The molecule has 122 valence electrons. The van der Waals surface area contributed by atoms with E-state index in [1.807, 2.05) is 22.4 Å². The molecular weight excluding hydrogens is 296 g/mol. The van der Waals surface area contributed by atoms with Crippen molar-refractivity contribution in [2.45, 2.75) is 52.0 Å². The molecule has 0 spiro atoms. The van der Waals surface area contributed by atoms with E-state index in [0.717, 1.165) is 43.6 Å². The Balaban J connectivity index is 1.75. The number of amides is 2. The van der Waals surface area contributed by atoms with Crippen LogP contribution in [0.2, 0.25) is 0 Å². The monoisotopic (exact) mass is 322 g/mol. The first-order chi connectivity index (χ1) is 10.6. The van der Waals surface area contributed by atoms with Gasteiger partial charge in [-0.3, -0.25) is 9.59 Å². The van der Waals surface area contributed by atoms with Gasteiger partial charge < -0.3 is 10.2 Å². The summed E-state index contributed by atoms with van der Waals surface area (Å²) in [5.41, 5.74) is 0. The molecule has 0 radical (unpaired) electrons. The highest BCUT2D eigenvalue weighted by atomic mass is 32.1. The number of nitrogens with zero attached hydrogens (tertiary/aromatic N) is 1. The molecule has 0 aromatic carbocycles. The first-order valence-electron chi connectivity index (χ1n) is 8.24. The summed E-state index contributed by atoms with van der Waals surface area (Å²) in [7, 11) is 0. The number of likely N-dealkylation sites (tertiary alicyclic amines) is 1. The molecule has 1 N–H and O–H groups in total. The van der Waals surface area contributed by atoms with Crippen molar-refractivity contribution in [1.29, 1.82) is 0 Å². The zero-order chi connectivity index (χ0) is 15.9. The molecule has 22 heavy (non-hydrogen) atoms. The molecule has 4 nitrogen and oxygen atoms in total. The number of thiophene rings is 1. The molecule has 0 atom stereocenters. The fraction of sp³-hybridized carbons (Fsp3) is 0.647. The summed E-state index contributed by atoms with van der Waals surface area (Å²) in [5, 5.41) is 5.09. The summed E-state index contributed by atoms with van der Waals surface area (Å²) >= 11 is 1.61. The molecule has 1 saturated heterocycles. The third-order valence-corrected chi connectivity index (χ3v) is 5.30. The van der Waals surface area contributed by atoms with E-state index in [0.29, 0.717) is 6.42 Å². The van der Waals surface area contributed by atoms with Gasteiger partial charge in [0.2, 0.25) is 11.8 Å². The quantitative estimate of drug-likeness (QED) is 0.875. The molecular formula is C17H26N2O2S. The SMILES string of the molecule is CCC(CC)C(=O)N1CCC(NC(=O)Cc2cccs2)CC1. The summed E-state index contributed by atoms with van der Waals surface area (Å²) in [6.07, 6.45) is 4.01. The Kier molecular flexibility index (Phi) is 6.43. The Morgan fingerprint density at radius 3 is 2.55 bits per heavy atom. The van der Waals surface area contributed by atoms with Crippen LogP contribution in [0.1, 0.15) is 44.4 Å². The fourth-order valence-corrected chi connectivity index (χ4v) is 3.69. The number of nitrogens with one attached hydrogen (secondary N) is 1. The third kappa shape index (κ3) is 4.57. The minimum atomic E-state index is 0.0900. The number of hydrogen-bond acceptors (Lipinski definition) is 3. The summed E-state index contributed by atoms with van der Waals surface area (Å²) in [4.78, 5) is 27.4. The summed E-state index contributed by atoms with van der Waals surface area (Å²) in [5.74, 6) is 0.533. The van der Waals surface area contributed by atoms with Crippen LogP contribution in [0.4, 0.5) is 0 Å². The summed E-state index contributed by atoms with van der Waals surface area (Å²) in [6, 6.07) is 4.16. The lowest BCUT2D eigenvalue weighted by atomic mass is 9.98. The normalized spacial score (nSPS) is 16.0. The second-order valence-corrected chi connectivity index (χ2v) is 6.97. The van der Waals surface area contributed by atoms with Gasteiger partial charge in [0.05, 0.1) is 6.42 Å². The Bertz CT molecular complexity index is 475. The first kappa shape index (κ1) is 17.0. The summed E-state index contributed by atoms with van der Waals surface area (Å²) in [6.45, 7) is 5.67. The van der Waals surface area contributed by atoms with Crippen molar-refractivity contribution in [2.75, 3.05) is 13.1 Å². The molecule has 2 heterocycles. The smallest absolute Gasteiger partial charge is 0.225 e. The van der Waals surface area contributed by atoms with E-state index in [4.69, 9.17) is 0 Å². The van der Waals surface area contributed by atoms with Gasteiger partial charge in [-0.1, -0.05) is 19.9 Å². The molecule has 1 aliphatic heterocycles. The molecule has 1 aromatic heterocycles. The second kappa shape index (κ2) is 8.32. The fourth-order valence-electron chi connectivity index (χ4n) is 2.99. The van der Waals surface area contributed by atoms with Gasteiger partial charge in [0.25, 0.3) is 0 Å². The molecule has 1 aromatic rings. The number of piperidine rings is 1. The highest BCUT2D eigenvalue weighted by Gasteiger charge is 2.27. The predicted octanol–water partition coefficient (Wildman–Crippen LogP) is 2.83. The predicted molar refractivity (Wildman–Crippen MR) is 89.8 cm³/mol. The lowest BCUT2D eigenvalue weighted by Gasteiger charge is -2.34. The maximum absolute atomic E-state index is 12.3. The molecule has 0 aliphatic carbocycles. The number of rotatable bonds is 6. The van der Waals surface area contributed by atoms with Crippen LogP contribution in [0.5, 0.6) is 0 Å².